The fourth-order valence-electron chi connectivity index (χ4n) is 1.22. The summed E-state index contributed by atoms with van der Waals surface area (Å²) >= 11 is 3.53. The van der Waals surface area contributed by atoms with E-state index < -0.39 is 0 Å². The molecule has 2 heterocycles. The molecule has 1 N–H and O–H groups in total. The first-order valence-corrected chi connectivity index (χ1v) is 6.61. The van der Waals surface area contributed by atoms with Gasteiger partial charge in [-0.25, -0.2) is 4.98 Å². The molecule has 3 nitrogen and oxygen atoms in total. The highest BCUT2D eigenvalue weighted by molar-refractivity contribution is 8.13. The standard InChI is InChI=1S/C9H13N3S2/c1-3-11-9(14-6-1)12-4-2-8-10-5-7-13-8/h5,7H,1-4,6H2,(H,11,12). The molecule has 0 bridgehead atoms. The van der Waals surface area contributed by atoms with Crippen molar-refractivity contribution in [3.05, 3.63) is 16.6 Å². The number of thioether (sulfide) groups is 1. The van der Waals surface area contributed by atoms with E-state index in [0.717, 1.165) is 24.7 Å². The number of amidine groups is 1. The number of nitrogens with one attached hydrogen (secondary N) is 1. The second kappa shape index (κ2) is 5.36. The van der Waals surface area contributed by atoms with E-state index in [2.05, 4.69) is 15.3 Å². The topological polar surface area (TPSA) is 37.3 Å². The van der Waals surface area contributed by atoms with Gasteiger partial charge >= 0.3 is 0 Å². The predicted octanol–water partition coefficient (Wildman–Crippen LogP) is 1.77. The number of hydrogen-bond acceptors (Lipinski definition) is 5. The molecule has 2 rings (SSSR count). The molecule has 0 saturated heterocycles. The molecule has 0 fully saturated rings. The first-order valence-electron chi connectivity index (χ1n) is 4.74. The van der Waals surface area contributed by atoms with Crippen LogP contribution in [0.1, 0.15) is 11.4 Å². The van der Waals surface area contributed by atoms with Crippen LogP contribution in [0.25, 0.3) is 0 Å². The summed E-state index contributed by atoms with van der Waals surface area (Å²) in [7, 11) is 0. The molecule has 0 spiro atoms. The van der Waals surface area contributed by atoms with Crippen LogP contribution in [0.4, 0.5) is 0 Å². The van der Waals surface area contributed by atoms with E-state index in [9.17, 15) is 0 Å². The van der Waals surface area contributed by atoms with Gasteiger partial charge < -0.3 is 5.32 Å². The summed E-state index contributed by atoms with van der Waals surface area (Å²) in [5, 5.41) is 7.65. The Morgan fingerprint density at radius 3 is 3.21 bits per heavy atom. The minimum Gasteiger partial charge on any atom is -0.365 e. The number of aromatic nitrogens is 1. The average Bonchev–Trinajstić information content (AvgIpc) is 2.72. The normalized spacial score (nSPS) is 16.4. The van der Waals surface area contributed by atoms with Crippen molar-refractivity contribution in [3.8, 4) is 0 Å². The summed E-state index contributed by atoms with van der Waals surface area (Å²) in [6.07, 6.45) is 4.06. The van der Waals surface area contributed by atoms with Gasteiger partial charge in [0.15, 0.2) is 5.17 Å². The van der Waals surface area contributed by atoms with Crippen molar-refractivity contribution in [1.82, 2.24) is 10.3 Å². The lowest BCUT2D eigenvalue weighted by molar-refractivity contribution is 0.847. The number of nitrogens with zero attached hydrogens (tertiary/aromatic N) is 2. The second-order valence-corrected chi connectivity index (χ2v) is 5.05. The maximum absolute atomic E-state index is 4.40. The lowest BCUT2D eigenvalue weighted by Crippen LogP contribution is -2.25. The van der Waals surface area contributed by atoms with Gasteiger partial charge in [0.1, 0.15) is 0 Å². The van der Waals surface area contributed by atoms with Crippen LogP contribution in [0.2, 0.25) is 0 Å². The van der Waals surface area contributed by atoms with E-state index in [1.54, 1.807) is 11.3 Å². The van der Waals surface area contributed by atoms with Gasteiger partial charge in [-0.2, -0.15) is 0 Å². The van der Waals surface area contributed by atoms with Gasteiger partial charge in [0, 0.05) is 36.8 Å². The van der Waals surface area contributed by atoms with Gasteiger partial charge in [-0.1, -0.05) is 11.8 Å². The molecule has 14 heavy (non-hydrogen) atoms. The second-order valence-electron chi connectivity index (χ2n) is 2.99. The molecule has 1 aliphatic rings. The summed E-state index contributed by atoms with van der Waals surface area (Å²) in [6, 6.07) is 0. The Hall–Kier alpha value is -0.550. The molecular formula is C9H13N3S2. The third-order valence-corrected chi connectivity index (χ3v) is 3.77. The van der Waals surface area contributed by atoms with E-state index in [1.807, 2.05) is 23.3 Å². The van der Waals surface area contributed by atoms with Crippen molar-refractivity contribution < 1.29 is 0 Å². The van der Waals surface area contributed by atoms with E-state index in [0.29, 0.717) is 0 Å². The van der Waals surface area contributed by atoms with E-state index in [-0.39, 0.29) is 0 Å². The molecule has 0 amide bonds. The summed E-state index contributed by atoms with van der Waals surface area (Å²) in [6.45, 7) is 1.92. The maximum Gasteiger partial charge on any atom is 0.156 e. The smallest absolute Gasteiger partial charge is 0.156 e. The third-order valence-electron chi connectivity index (χ3n) is 1.90. The lowest BCUT2D eigenvalue weighted by Gasteiger charge is -2.12. The van der Waals surface area contributed by atoms with Gasteiger partial charge in [-0.15, -0.1) is 11.3 Å². The first-order chi connectivity index (χ1) is 6.95. The van der Waals surface area contributed by atoms with Crippen LogP contribution >= 0.6 is 23.1 Å². The number of rotatable bonds is 3. The molecule has 1 aliphatic heterocycles. The molecule has 0 radical (unpaired) electrons. The largest absolute Gasteiger partial charge is 0.365 e. The monoisotopic (exact) mass is 227 g/mol. The zero-order valence-electron chi connectivity index (χ0n) is 7.90. The van der Waals surface area contributed by atoms with Crippen LogP contribution in [-0.2, 0) is 6.42 Å². The summed E-state index contributed by atoms with van der Waals surface area (Å²) in [5.74, 6) is 1.20. The molecule has 0 aliphatic carbocycles. The summed E-state index contributed by atoms with van der Waals surface area (Å²) in [4.78, 5) is 8.63. The highest BCUT2D eigenvalue weighted by atomic mass is 32.2. The Morgan fingerprint density at radius 2 is 2.50 bits per heavy atom. The summed E-state index contributed by atoms with van der Waals surface area (Å²) in [5.41, 5.74) is 0. The maximum atomic E-state index is 4.40. The Bertz CT molecular complexity index is 295. The Balaban J connectivity index is 1.70. The Labute approximate surface area is 92.0 Å². The fraction of sp³-hybridized carbons (Fsp3) is 0.556. The zero-order chi connectivity index (χ0) is 9.64. The minimum atomic E-state index is 0.944. The van der Waals surface area contributed by atoms with Gasteiger partial charge in [0.05, 0.1) is 5.01 Å². The number of thiazole rings is 1. The number of aliphatic imine (C=N–C) groups is 1. The van der Waals surface area contributed by atoms with Gasteiger partial charge in [-0.3, -0.25) is 4.99 Å². The molecule has 0 unspecified atom stereocenters. The molecular weight excluding hydrogens is 214 g/mol. The molecule has 0 saturated carbocycles. The number of hydrogen-bond donors (Lipinski definition) is 1. The van der Waals surface area contributed by atoms with Crippen molar-refractivity contribution >= 4 is 28.3 Å². The lowest BCUT2D eigenvalue weighted by atomic mass is 10.4. The third kappa shape index (κ3) is 2.99. The van der Waals surface area contributed by atoms with Gasteiger partial charge in [-0.05, 0) is 6.42 Å². The van der Waals surface area contributed by atoms with Crippen LogP contribution in [0.3, 0.4) is 0 Å². The fourth-order valence-corrected chi connectivity index (χ4v) is 2.69. The van der Waals surface area contributed by atoms with Gasteiger partial charge in [0.25, 0.3) is 0 Å². The van der Waals surface area contributed by atoms with E-state index in [1.165, 1.54) is 17.2 Å². The average molecular weight is 227 g/mol. The SMILES string of the molecule is c1csc(CCNC2=NCCCS2)n1. The molecule has 0 aromatic carbocycles. The van der Waals surface area contributed by atoms with Gasteiger partial charge in [0.2, 0.25) is 0 Å². The molecule has 1 aromatic heterocycles. The van der Waals surface area contributed by atoms with Crippen molar-refractivity contribution in [3.63, 3.8) is 0 Å². The van der Waals surface area contributed by atoms with E-state index in [4.69, 9.17) is 0 Å². The van der Waals surface area contributed by atoms with Crippen molar-refractivity contribution in [1.29, 1.82) is 0 Å². The molecule has 0 atom stereocenters. The van der Waals surface area contributed by atoms with Crippen LogP contribution in [0, 0.1) is 0 Å². The van der Waals surface area contributed by atoms with Crippen LogP contribution < -0.4 is 5.32 Å². The minimum absolute atomic E-state index is 0.944. The molecule has 5 heteroatoms. The first kappa shape index (κ1) is 9.98. The summed E-state index contributed by atoms with van der Waals surface area (Å²) < 4.78 is 0. The van der Waals surface area contributed by atoms with Crippen molar-refractivity contribution in [2.24, 2.45) is 4.99 Å². The van der Waals surface area contributed by atoms with Crippen LogP contribution in [0.15, 0.2) is 16.6 Å². The molecule has 1 aromatic rings. The quantitative estimate of drug-likeness (QED) is 0.855. The Morgan fingerprint density at radius 1 is 1.50 bits per heavy atom. The molecule has 76 valence electrons. The zero-order valence-corrected chi connectivity index (χ0v) is 9.53. The van der Waals surface area contributed by atoms with E-state index >= 15 is 0 Å². The van der Waals surface area contributed by atoms with Crippen LogP contribution in [-0.4, -0.2) is 29.0 Å². The highest BCUT2D eigenvalue weighted by Crippen LogP contribution is 2.10. The van der Waals surface area contributed by atoms with Crippen LogP contribution in [0.5, 0.6) is 0 Å². The highest BCUT2D eigenvalue weighted by Gasteiger charge is 2.04. The van der Waals surface area contributed by atoms with Crippen molar-refractivity contribution in [2.45, 2.75) is 12.8 Å². The van der Waals surface area contributed by atoms with Crippen molar-refractivity contribution in [2.75, 3.05) is 18.8 Å². The predicted molar refractivity (Wildman–Crippen MR) is 63.2 cm³/mol. The Kier molecular flexibility index (Phi) is 3.82.